The number of carbonyl (C=O) groups excluding carboxylic acids is 4. The van der Waals surface area contributed by atoms with Crippen molar-refractivity contribution in [1.29, 1.82) is 0 Å². The van der Waals surface area contributed by atoms with Gasteiger partial charge in [0.2, 0.25) is 0 Å². The molecule has 49 heavy (non-hydrogen) atoms. The Kier molecular flexibility index (Phi) is 11.1. The second-order valence-electron chi connectivity index (χ2n) is 13.4. The van der Waals surface area contributed by atoms with E-state index < -0.39 is 56.5 Å². The molecule has 0 spiro atoms. The van der Waals surface area contributed by atoms with Gasteiger partial charge in [-0.3, -0.25) is 4.79 Å². The molecule has 1 fully saturated rings. The fourth-order valence-corrected chi connectivity index (χ4v) is 6.76. The van der Waals surface area contributed by atoms with E-state index >= 15 is 4.39 Å². The molecule has 3 aromatic rings. The molecule has 0 radical (unpaired) electrons. The number of hydrogen-bond acceptors (Lipinski definition) is 7. The molecule has 2 atom stereocenters. The monoisotopic (exact) mass is 773 g/mol. The zero-order valence-electron chi connectivity index (χ0n) is 27.2. The topological polar surface area (TPSA) is 114 Å². The first-order valence-corrected chi connectivity index (χ1v) is 16.7. The lowest BCUT2D eigenvalue weighted by molar-refractivity contribution is -0.112. The minimum absolute atomic E-state index is 0.00538. The predicted octanol–water partition coefficient (Wildman–Crippen LogP) is 10.3. The third-order valence-corrected chi connectivity index (χ3v) is 9.14. The van der Waals surface area contributed by atoms with Gasteiger partial charge in [0, 0.05) is 33.9 Å². The number of nitrogens with zero attached hydrogens (tertiary/aromatic N) is 1. The molecular weight excluding hydrogens is 743 g/mol. The van der Waals surface area contributed by atoms with Crippen molar-refractivity contribution in [3.63, 3.8) is 0 Å². The summed E-state index contributed by atoms with van der Waals surface area (Å²) >= 11 is 31.9. The van der Waals surface area contributed by atoms with E-state index in [2.05, 4.69) is 10.6 Å². The molecule has 1 aliphatic carbocycles. The molecule has 15 heteroatoms. The van der Waals surface area contributed by atoms with Crippen LogP contribution in [0.4, 0.5) is 31.0 Å². The molecule has 0 aliphatic heterocycles. The fourth-order valence-electron chi connectivity index (χ4n) is 5.04. The summed E-state index contributed by atoms with van der Waals surface area (Å²) in [5, 5.41) is 6.48. The average molecular weight is 776 g/mol. The van der Waals surface area contributed by atoms with Crippen molar-refractivity contribution in [2.24, 2.45) is 5.41 Å². The first-order chi connectivity index (χ1) is 22.6. The van der Waals surface area contributed by atoms with Crippen LogP contribution in [0.2, 0.25) is 15.1 Å². The molecule has 4 rings (SSSR count). The number of halogens is 6. The second-order valence-corrected chi connectivity index (χ2v) is 16.0. The Morgan fingerprint density at radius 2 is 1.41 bits per heavy atom. The van der Waals surface area contributed by atoms with Crippen molar-refractivity contribution in [1.82, 2.24) is 0 Å². The first-order valence-electron chi connectivity index (χ1n) is 14.8. The van der Waals surface area contributed by atoms with E-state index in [1.807, 2.05) is 0 Å². The van der Waals surface area contributed by atoms with Crippen LogP contribution >= 0.6 is 58.0 Å². The maximum absolute atomic E-state index is 15.2. The highest BCUT2D eigenvalue weighted by molar-refractivity contribution is 6.54. The number of benzene rings is 3. The summed E-state index contributed by atoms with van der Waals surface area (Å²) in [5.74, 6) is -2.30. The van der Waals surface area contributed by atoms with E-state index in [9.17, 15) is 19.2 Å². The molecule has 9 nitrogen and oxygen atoms in total. The van der Waals surface area contributed by atoms with Crippen molar-refractivity contribution in [3.8, 4) is 0 Å². The maximum Gasteiger partial charge on any atom is 0.424 e. The summed E-state index contributed by atoms with van der Waals surface area (Å²) in [6.45, 7) is 9.46. The fraction of sp³-hybridized carbons (Fsp3) is 0.353. The zero-order chi connectivity index (χ0) is 36.7. The minimum Gasteiger partial charge on any atom is -0.443 e. The Balaban J connectivity index is 1.57. The number of anilines is 3. The summed E-state index contributed by atoms with van der Waals surface area (Å²) in [6.07, 6.45) is -1.70. The third kappa shape index (κ3) is 8.72. The number of ether oxygens (including phenoxy) is 2. The van der Waals surface area contributed by atoms with Crippen LogP contribution in [-0.4, -0.2) is 46.5 Å². The molecule has 1 saturated carbocycles. The van der Waals surface area contributed by atoms with Crippen LogP contribution < -0.4 is 15.5 Å². The lowest BCUT2D eigenvalue weighted by atomic mass is 10.00. The van der Waals surface area contributed by atoms with Gasteiger partial charge in [-0.1, -0.05) is 58.0 Å². The number of aldehydes is 1. The van der Waals surface area contributed by atoms with E-state index in [0.717, 1.165) is 12.1 Å². The largest absolute Gasteiger partial charge is 0.443 e. The summed E-state index contributed by atoms with van der Waals surface area (Å²) in [5.41, 5.74) is -2.83. The van der Waals surface area contributed by atoms with Crippen molar-refractivity contribution >= 4 is 99.4 Å². The van der Waals surface area contributed by atoms with Crippen LogP contribution in [0.25, 0.3) is 0 Å². The number of carbonyl (C=O) groups is 4. The van der Waals surface area contributed by atoms with Crippen LogP contribution in [0.3, 0.4) is 0 Å². The molecule has 2 N–H and O–H groups in total. The van der Waals surface area contributed by atoms with Crippen LogP contribution in [0.15, 0.2) is 54.6 Å². The summed E-state index contributed by atoms with van der Waals surface area (Å²) in [7, 11) is 0. The van der Waals surface area contributed by atoms with Gasteiger partial charge >= 0.3 is 12.2 Å². The molecular formula is C34H33Cl5FN3O6. The van der Waals surface area contributed by atoms with Crippen LogP contribution in [-0.2, 0) is 14.3 Å². The van der Waals surface area contributed by atoms with E-state index in [-0.39, 0.29) is 22.8 Å². The van der Waals surface area contributed by atoms with E-state index in [0.29, 0.717) is 32.5 Å². The average Bonchev–Trinajstić information content (AvgIpc) is 3.46. The van der Waals surface area contributed by atoms with Gasteiger partial charge in [0.15, 0.2) is 0 Å². The number of amides is 3. The van der Waals surface area contributed by atoms with Gasteiger partial charge < -0.3 is 24.9 Å². The second kappa shape index (κ2) is 14.2. The van der Waals surface area contributed by atoms with Gasteiger partial charge in [-0.05, 0) is 102 Å². The van der Waals surface area contributed by atoms with Crippen molar-refractivity contribution < 1.29 is 33.0 Å². The molecule has 0 saturated heterocycles. The summed E-state index contributed by atoms with van der Waals surface area (Å²) in [6, 6.07) is 12.6. The van der Waals surface area contributed by atoms with Gasteiger partial charge in [-0.25, -0.2) is 14.0 Å². The zero-order valence-corrected chi connectivity index (χ0v) is 31.0. The minimum atomic E-state index is -1.48. The van der Waals surface area contributed by atoms with Crippen LogP contribution in [0, 0.1) is 11.2 Å². The number of nitrogens with one attached hydrogen (secondary N) is 2. The van der Waals surface area contributed by atoms with Crippen molar-refractivity contribution in [2.45, 2.75) is 63.0 Å². The van der Waals surface area contributed by atoms with Gasteiger partial charge in [0.05, 0.1) is 21.7 Å². The lowest BCUT2D eigenvalue weighted by Gasteiger charge is -2.29. The highest BCUT2D eigenvalue weighted by Crippen LogP contribution is 2.73. The highest BCUT2D eigenvalue weighted by Gasteiger charge is 2.76. The number of rotatable bonds is 8. The third-order valence-electron chi connectivity index (χ3n) is 7.24. The summed E-state index contributed by atoms with van der Waals surface area (Å²) in [4.78, 5) is 52.4. The van der Waals surface area contributed by atoms with Gasteiger partial charge in [-0.15, -0.1) is 0 Å². The molecule has 3 amide bonds. The van der Waals surface area contributed by atoms with E-state index in [1.165, 1.54) is 18.2 Å². The Morgan fingerprint density at radius 3 is 1.94 bits per heavy atom. The smallest absolute Gasteiger partial charge is 0.424 e. The Hall–Kier alpha value is -3.28. The SMILES string of the molecule is CC(C)(C)OC(=O)N(C(=O)OC(C)(C)C)c1cc(NC(=O)c2cc(NCC3(C=O)C(c4cc(Cl)cc(Cl)c4)C3(Cl)Cl)ccc2Cl)ccc1F. The molecule has 2 unspecified atom stereocenters. The molecule has 0 bridgehead atoms. The van der Waals surface area contributed by atoms with Crippen molar-refractivity contribution in [2.75, 3.05) is 22.1 Å². The Labute approximate surface area is 308 Å². The summed E-state index contributed by atoms with van der Waals surface area (Å²) < 4.78 is 24.4. The van der Waals surface area contributed by atoms with E-state index in [1.54, 1.807) is 65.8 Å². The molecule has 0 heterocycles. The van der Waals surface area contributed by atoms with Crippen LogP contribution in [0.1, 0.15) is 63.4 Å². The standard InChI is InChI=1S/C34H33Cl5FN3O6/c1-31(2,3)48-29(46)43(30(47)49-32(4,5)6)26-15-22(8-10-25(26)40)42-28(45)23-14-21(7-9-24(23)37)41-16-33(17-44)27(34(33,38)39)18-11-19(35)13-20(36)12-18/h7-15,17,27,41H,16H2,1-6H3,(H,42,45). The first kappa shape index (κ1) is 38.5. The molecule has 3 aromatic carbocycles. The molecule has 262 valence electrons. The van der Waals surface area contributed by atoms with Crippen molar-refractivity contribution in [3.05, 3.63) is 86.6 Å². The lowest BCUT2D eigenvalue weighted by Crippen LogP contribution is -2.44. The van der Waals surface area contributed by atoms with Crippen LogP contribution in [0.5, 0.6) is 0 Å². The normalized spacial score (nSPS) is 18.2. The van der Waals surface area contributed by atoms with Gasteiger partial charge in [0.1, 0.15) is 27.6 Å². The number of imide groups is 1. The quantitative estimate of drug-likeness (QED) is 0.173. The molecule has 1 aliphatic rings. The maximum atomic E-state index is 15.2. The van der Waals surface area contributed by atoms with Gasteiger partial charge in [-0.2, -0.15) is 4.90 Å². The van der Waals surface area contributed by atoms with E-state index in [4.69, 9.17) is 67.5 Å². The highest BCUT2D eigenvalue weighted by atomic mass is 35.5. The van der Waals surface area contributed by atoms with Gasteiger partial charge in [0.25, 0.3) is 5.91 Å². The predicted molar refractivity (Wildman–Crippen MR) is 191 cm³/mol. The Bertz CT molecular complexity index is 1760. The number of hydrogen-bond donors (Lipinski definition) is 2. The molecule has 0 aromatic heterocycles. The Morgan fingerprint density at radius 1 is 0.857 bits per heavy atom. The number of alkyl halides is 2.